The van der Waals surface area contributed by atoms with Gasteiger partial charge in [0.1, 0.15) is 0 Å². The van der Waals surface area contributed by atoms with Gasteiger partial charge in [0.2, 0.25) is 5.60 Å². The maximum Gasteiger partial charge on any atom is 0.426 e. The maximum absolute atomic E-state index is 12.8. The number of hydrogen-bond donors (Lipinski definition) is 2. The number of benzene rings is 1. The van der Waals surface area contributed by atoms with Gasteiger partial charge in [0.25, 0.3) is 0 Å². The highest BCUT2D eigenvalue weighted by molar-refractivity contribution is 6.42. The van der Waals surface area contributed by atoms with Gasteiger partial charge in [0, 0.05) is 0 Å². The van der Waals surface area contributed by atoms with Crippen LogP contribution in [-0.4, -0.2) is 23.1 Å². The summed E-state index contributed by atoms with van der Waals surface area (Å²) < 4.78 is 38.5. The van der Waals surface area contributed by atoms with Gasteiger partial charge >= 0.3 is 6.18 Å². The standard InChI is InChI=1S/C12H11Cl2F3N2O/c1-6(2)11(20,12(15,16)17)5-19-10-4-8(14)7(13)3-9(10)18/h3-5,20H,1,18H2,2H3. The van der Waals surface area contributed by atoms with Crippen LogP contribution in [0, 0.1) is 0 Å². The fourth-order valence-corrected chi connectivity index (χ4v) is 1.58. The molecule has 1 atom stereocenters. The summed E-state index contributed by atoms with van der Waals surface area (Å²) in [5.74, 6) is 0. The summed E-state index contributed by atoms with van der Waals surface area (Å²) in [5, 5.41) is 9.86. The van der Waals surface area contributed by atoms with Crippen molar-refractivity contribution in [2.45, 2.75) is 18.7 Å². The van der Waals surface area contributed by atoms with E-state index in [1.54, 1.807) is 0 Å². The third-order valence-corrected chi connectivity index (χ3v) is 3.27. The molecular weight excluding hydrogens is 316 g/mol. The Labute approximate surface area is 123 Å². The van der Waals surface area contributed by atoms with Gasteiger partial charge < -0.3 is 10.8 Å². The second kappa shape index (κ2) is 5.63. The molecule has 0 saturated carbocycles. The van der Waals surface area contributed by atoms with Crippen molar-refractivity contribution in [3.63, 3.8) is 0 Å². The molecule has 1 unspecified atom stereocenters. The molecule has 0 amide bonds. The summed E-state index contributed by atoms with van der Waals surface area (Å²) >= 11 is 11.4. The van der Waals surface area contributed by atoms with E-state index >= 15 is 0 Å². The summed E-state index contributed by atoms with van der Waals surface area (Å²) in [7, 11) is 0. The molecule has 0 aliphatic heterocycles. The highest BCUT2D eigenvalue weighted by Crippen LogP contribution is 2.36. The Kier molecular flexibility index (Phi) is 4.74. The maximum atomic E-state index is 12.8. The quantitative estimate of drug-likeness (QED) is 0.498. The van der Waals surface area contributed by atoms with Gasteiger partial charge in [-0.1, -0.05) is 29.8 Å². The van der Waals surface area contributed by atoms with Crippen LogP contribution in [0.15, 0.2) is 29.3 Å². The Morgan fingerprint density at radius 3 is 2.30 bits per heavy atom. The highest BCUT2D eigenvalue weighted by atomic mass is 35.5. The van der Waals surface area contributed by atoms with E-state index in [0.29, 0.717) is 6.21 Å². The molecule has 0 heterocycles. The summed E-state index contributed by atoms with van der Waals surface area (Å²) in [6, 6.07) is 2.45. The Hall–Kier alpha value is -1.24. The van der Waals surface area contributed by atoms with Crippen molar-refractivity contribution >= 4 is 40.8 Å². The largest absolute Gasteiger partial charge is 0.426 e. The first kappa shape index (κ1) is 16.8. The van der Waals surface area contributed by atoms with Crippen molar-refractivity contribution in [3.8, 4) is 0 Å². The second-order valence-electron chi connectivity index (χ2n) is 4.13. The number of aliphatic imine (C=N–C) groups is 1. The van der Waals surface area contributed by atoms with Crippen LogP contribution in [0.2, 0.25) is 10.0 Å². The number of anilines is 1. The smallest absolute Gasteiger partial charge is 0.397 e. The Morgan fingerprint density at radius 2 is 1.85 bits per heavy atom. The molecular formula is C12H11Cl2F3N2O. The fraction of sp³-hybridized carbons (Fsp3) is 0.250. The number of alkyl halides is 3. The van der Waals surface area contributed by atoms with Crippen molar-refractivity contribution in [1.29, 1.82) is 0 Å². The lowest BCUT2D eigenvalue weighted by Crippen LogP contribution is -2.47. The van der Waals surface area contributed by atoms with Gasteiger partial charge in [-0.3, -0.25) is 4.99 Å². The normalized spacial score (nSPS) is 15.3. The van der Waals surface area contributed by atoms with Crippen LogP contribution in [-0.2, 0) is 0 Å². The Morgan fingerprint density at radius 1 is 1.35 bits per heavy atom. The van der Waals surface area contributed by atoms with E-state index in [9.17, 15) is 18.3 Å². The molecule has 0 saturated heterocycles. The van der Waals surface area contributed by atoms with Crippen LogP contribution >= 0.6 is 23.2 Å². The Balaban J connectivity index is 3.26. The molecule has 0 aliphatic rings. The molecule has 20 heavy (non-hydrogen) atoms. The summed E-state index contributed by atoms with van der Waals surface area (Å²) in [6.07, 6.45) is -4.63. The average molecular weight is 327 g/mol. The zero-order valence-electron chi connectivity index (χ0n) is 10.3. The van der Waals surface area contributed by atoms with E-state index in [0.717, 1.165) is 6.92 Å². The topological polar surface area (TPSA) is 58.6 Å². The first-order valence-electron chi connectivity index (χ1n) is 5.24. The number of nitrogens with zero attached hydrogens (tertiary/aromatic N) is 1. The number of nitrogens with two attached hydrogens (primary N) is 1. The fourth-order valence-electron chi connectivity index (χ4n) is 1.25. The van der Waals surface area contributed by atoms with Gasteiger partial charge in [-0.15, -0.1) is 0 Å². The lowest BCUT2D eigenvalue weighted by atomic mass is 9.97. The number of hydrogen-bond acceptors (Lipinski definition) is 3. The van der Waals surface area contributed by atoms with Crippen molar-refractivity contribution in [3.05, 3.63) is 34.3 Å². The van der Waals surface area contributed by atoms with E-state index in [2.05, 4.69) is 11.6 Å². The number of rotatable bonds is 3. The molecule has 3 N–H and O–H groups in total. The minimum absolute atomic E-state index is 0.0295. The summed E-state index contributed by atoms with van der Waals surface area (Å²) in [6.45, 7) is 4.16. The molecule has 1 aromatic rings. The second-order valence-corrected chi connectivity index (χ2v) is 4.94. The predicted molar refractivity (Wildman–Crippen MR) is 74.8 cm³/mol. The van der Waals surface area contributed by atoms with E-state index in [1.807, 2.05) is 0 Å². The summed E-state index contributed by atoms with van der Waals surface area (Å²) in [4.78, 5) is 3.54. The lowest BCUT2D eigenvalue weighted by molar-refractivity contribution is -0.214. The van der Waals surface area contributed by atoms with Crippen molar-refractivity contribution in [1.82, 2.24) is 0 Å². The van der Waals surface area contributed by atoms with Gasteiger partial charge in [-0.05, 0) is 24.6 Å². The predicted octanol–water partition coefficient (Wildman–Crippen LogP) is 4.15. The minimum Gasteiger partial charge on any atom is -0.397 e. The Bertz CT molecular complexity index is 573. The molecule has 1 rings (SSSR count). The molecule has 0 radical (unpaired) electrons. The lowest BCUT2D eigenvalue weighted by Gasteiger charge is -2.26. The number of aliphatic hydroxyl groups is 1. The first-order chi connectivity index (χ1) is 8.99. The minimum atomic E-state index is -4.95. The molecule has 8 heteroatoms. The number of nitrogen functional groups attached to an aromatic ring is 1. The van der Waals surface area contributed by atoms with Crippen LogP contribution in [0.5, 0.6) is 0 Å². The van der Waals surface area contributed by atoms with Gasteiger partial charge in [0.15, 0.2) is 0 Å². The average Bonchev–Trinajstić information content (AvgIpc) is 2.29. The van der Waals surface area contributed by atoms with Crippen LogP contribution < -0.4 is 5.73 Å². The third-order valence-electron chi connectivity index (χ3n) is 2.54. The molecule has 3 nitrogen and oxygen atoms in total. The van der Waals surface area contributed by atoms with Gasteiger partial charge in [-0.2, -0.15) is 13.2 Å². The molecule has 0 bridgehead atoms. The molecule has 0 aliphatic carbocycles. The van der Waals surface area contributed by atoms with E-state index in [-0.39, 0.29) is 21.4 Å². The van der Waals surface area contributed by atoms with E-state index < -0.39 is 17.4 Å². The SMILES string of the molecule is C=C(C)C(O)(C=Nc1cc(Cl)c(Cl)cc1N)C(F)(F)F. The van der Waals surface area contributed by atoms with E-state index in [4.69, 9.17) is 28.9 Å². The molecule has 0 spiro atoms. The van der Waals surface area contributed by atoms with E-state index in [1.165, 1.54) is 12.1 Å². The van der Waals surface area contributed by atoms with Crippen LogP contribution in [0.4, 0.5) is 24.5 Å². The van der Waals surface area contributed by atoms with Crippen molar-refractivity contribution in [2.75, 3.05) is 5.73 Å². The first-order valence-corrected chi connectivity index (χ1v) is 5.99. The van der Waals surface area contributed by atoms with Crippen LogP contribution in [0.3, 0.4) is 0 Å². The molecule has 1 aromatic carbocycles. The third kappa shape index (κ3) is 3.26. The zero-order chi connectivity index (χ0) is 15.7. The molecule has 0 aromatic heterocycles. The van der Waals surface area contributed by atoms with Crippen molar-refractivity contribution < 1.29 is 18.3 Å². The van der Waals surface area contributed by atoms with Gasteiger partial charge in [-0.25, -0.2) is 0 Å². The summed E-state index contributed by atoms with van der Waals surface area (Å²) in [5.41, 5.74) is 1.79. The molecule has 0 fully saturated rings. The van der Waals surface area contributed by atoms with Crippen LogP contribution in [0.1, 0.15) is 6.92 Å². The number of halogens is 5. The van der Waals surface area contributed by atoms with Crippen molar-refractivity contribution in [2.24, 2.45) is 4.99 Å². The van der Waals surface area contributed by atoms with Crippen LogP contribution in [0.25, 0.3) is 0 Å². The molecule has 110 valence electrons. The monoisotopic (exact) mass is 326 g/mol. The van der Waals surface area contributed by atoms with Gasteiger partial charge in [0.05, 0.1) is 27.6 Å². The highest BCUT2D eigenvalue weighted by Gasteiger charge is 2.53. The zero-order valence-corrected chi connectivity index (χ0v) is 11.8.